The highest BCUT2D eigenvalue weighted by atomic mass is 15.2. The number of likely N-dealkylation sites (N-methyl/N-ethyl adjacent to an activating group) is 1. The third kappa shape index (κ3) is 1.47. The summed E-state index contributed by atoms with van der Waals surface area (Å²) < 4.78 is 2.06. The molecule has 1 fully saturated rings. The van der Waals surface area contributed by atoms with Crippen LogP contribution in [0.1, 0.15) is 11.6 Å². The molecule has 0 aliphatic carbocycles. The van der Waals surface area contributed by atoms with E-state index in [-0.39, 0.29) is 6.04 Å². The van der Waals surface area contributed by atoms with Gasteiger partial charge < -0.3 is 15.2 Å². The number of imidazole rings is 1. The van der Waals surface area contributed by atoms with Crippen LogP contribution in [-0.4, -0.2) is 40.6 Å². The minimum Gasteiger partial charge on any atom is -0.337 e. The van der Waals surface area contributed by atoms with Crippen LogP contribution < -0.4 is 5.73 Å². The van der Waals surface area contributed by atoms with E-state index in [0.717, 1.165) is 13.1 Å². The Hall–Kier alpha value is -0.870. The molecule has 4 nitrogen and oxygen atoms in total. The van der Waals surface area contributed by atoms with E-state index < -0.39 is 0 Å². The summed E-state index contributed by atoms with van der Waals surface area (Å²) in [5.41, 5.74) is 7.29. The van der Waals surface area contributed by atoms with Crippen LogP contribution in [0.15, 0.2) is 12.5 Å². The molecular weight excluding hydrogens is 164 g/mol. The molecule has 0 aromatic carbocycles. The molecule has 13 heavy (non-hydrogen) atoms. The molecule has 2 N–H and O–H groups in total. The molecule has 0 bridgehead atoms. The van der Waals surface area contributed by atoms with Crippen molar-refractivity contribution in [2.45, 2.75) is 12.0 Å². The molecule has 0 amide bonds. The molecule has 4 heteroatoms. The molecule has 0 unspecified atom stereocenters. The molecule has 2 atom stereocenters. The second-order valence-electron chi connectivity index (χ2n) is 3.92. The van der Waals surface area contributed by atoms with Crippen LogP contribution >= 0.6 is 0 Å². The second-order valence-corrected chi connectivity index (χ2v) is 3.92. The lowest BCUT2D eigenvalue weighted by atomic mass is 10.0. The lowest BCUT2D eigenvalue weighted by molar-refractivity contribution is 0.406. The van der Waals surface area contributed by atoms with Crippen molar-refractivity contribution in [2.24, 2.45) is 12.8 Å². The Bertz CT molecular complexity index is 294. The molecule has 1 aliphatic heterocycles. The third-order valence-electron chi connectivity index (χ3n) is 2.78. The van der Waals surface area contributed by atoms with E-state index in [0.29, 0.717) is 5.92 Å². The van der Waals surface area contributed by atoms with Crippen LogP contribution in [0.3, 0.4) is 0 Å². The first kappa shape index (κ1) is 8.72. The van der Waals surface area contributed by atoms with Crippen LogP contribution in [0.2, 0.25) is 0 Å². The van der Waals surface area contributed by atoms with Gasteiger partial charge in [0.2, 0.25) is 0 Å². The van der Waals surface area contributed by atoms with E-state index >= 15 is 0 Å². The van der Waals surface area contributed by atoms with Crippen molar-refractivity contribution in [3.63, 3.8) is 0 Å². The van der Waals surface area contributed by atoms with E-state index in [4.69, 9.17) is 5.73 Å². The fourth-order valence-corrected chi connectivity index (χ4v) is 2.07. The average Bonchev–Trinajstić information content (AvgIpc) is 2.58. The maximum absolute atomic E-state index is 6.05. The minimum atomic E-state index is 0.250. The van der Waals surface area contributed by atoms with E-state index in [1.165, 1.54) is 5.69 Å². The quantitative estimate of drug-likeness (QED) is 0.650. The predicted molar refractivity (Wildman–Crippen MR) is 51.4 cm³/mol. The Labute approximate surface area is 78.4 Å². The van der Waals surface area contributed by atoms with Gasteiger partial charge in [-0.25, -0.2) is 4.98 Å². The molecule has 1 aliphatic rings. The zero-order chi connectivity index (χ0) is 9.42. The zero-order valence-corrected chi connectivity index (χ0v) is 8.14. The summed E-state index contributed by atoms with van der Waals surface area (Å²) >= 11 is 0. The van der Waals surface area contributed by atoms with E-state index in [2.05, 4.69) is 21.5 Å². The first-order valence-corrected chi connectivity index (χ1v) is 4.59. The Morgan fingerprint density at radius 2 is 2.23 bits per heavy atom. The number of hydrogen-bond donors (Lipinski definition) is 1. The highest BCUT2D eigenvalue weighted by Gasteiger charge is 2.30. The maximum Gasteiger partial charge on any atom is 0.0945 e. The summed E-state index contributed by atoms with van der Waals surface area (Å²) in [5.74, 6) is 0.442. The summed E-state index contributed by atoms with van der Waals surface area (Å²) in [7, 11) is 4.13. The van der Waals surface area contributed by atoms with Crippen molar-refractivity contribution in [3.8, 4) is 0 Å². The largest absolute Gasteiger partial charge is 0.337 e. The lowest BCUT2D eigenvalue weighted by Crippen LogP contribution is -2.28. The van der Waals surface area contributed by atoms with Crippen LogP contribution in [0.5, 0.6) is 0 Å². The van der Waals surface area contributed by atoms with Gasteiger partial charge in [0.05, 0.1) is 6.33 Å². The molecule has 72 valence electrons. The Balaban J connectivity index is 2.22. The van der Waals surface area contributed by atoms with Gasteiger partial charge in [-0.3, -0.25) is 0 Å². The number of nitrogens with zero attached hydrogens (tertiary/aromatic N) is 3. The topological polar surface area (TPSA) is 47.1 Å². The standard InChI is InChI=1S/C9H16N4/c1-12-4-7(8(10)5-12)9-3-11-6-13(9)2/h3,6-8H,4-5,10H2,1-2H3/t7-,8-/m0/s1. The number of aryl methyl sites for hydroxylation is 1. The third-order valence-corrected chi connectivity index (χ3v) is 2.78. The predicted octanol–water partition coefficient (Wildman–Crippen LogP) is -0.224. The van der Waals surface area contributed by atoms with Gasteiger partial charge in [0.15, 0.2) is 0 Å². The van der Waals surface area contributed by atoms with Crippen molar-refractivity contribution in [2.75, 3.05) is 20.1 Å². The SMILES string of the molecule is CN1C[C@H](c2cncn2C)[C@@H](N)C1. The van der Waals surface area contributed by atoms with Gasteiger partial charge in [-0.05, 0) is 7.05 Å². The molecule has 1 aromatic rings. The first-order chi connectivity index (χ1) is 6.18. The van der Waals surface area contributed by atoms with Crippen molar-refractivity contribution in [1.29, 1.82) is 0 Å². The minimum absolute atomic E-state index is 0.250. The van der Waals surface area contributed by atoms with Gasteiger partial charge >= 0.3 is 0 Å². The summed E-state index contributed by atoms with van der Waals surface area (Å²) in [4.78, 5) is 6.38. The van der Waals surface area contributed by atoms with Gasteiger partial charge in [0.1, 0.15) is 0 Å². The molecule has 2 heterocycles. The first-order valence-electron chi connectivity index (χ1n) is 4.59. The molecule has 1 saturated heterocycles. The number of likely N-dealkylation sites (tertiary alicyclic amines) is 1. The molecule has 2 rings (SSSR count). The number of rotatable bonds is 1. The average molecular weight is 180 g/mol. The number of aromatic nitrogens is 2. The molecule has 0 spiro atoms. The Morgan fingerprint density at radius 1 is 1.46 bits per heavy atom. The van der Waals surface area contributed by atoms with Crippen LogP contribution in [-0.2, 0) is 7.05 Å². The molecule has 0 radical (unpaired) electrons. The molecular formula is C9H16N4. The summed E-state index contributed by atoms with van der Waals surface area (Å²) in [6.07, 6.45) is 3.75. The summed E-state index contributed by atoms with van der Waals surface area (Å²) in [5, 5.41) is 0. The highest BCUT2D eigenvalue weighted by Crippen LogP contribution is 2.24. The Kier molecular flexibility index (Phi) is 2.09. The monoisotopic (exact) mass is 180 g/mol. The zero-order valence-electron chi connectivity index (χ0n) is 8.14. The van der Waals surface area contributed by atoms with Gasteiger partial charge in [-0.2, -0.15) is 0 Å². The molecule has 1 aromatic heterocycles. The van der Waals surface area contributed by atoms with E-state index in [9.17, 15) is 0 Å². The van der Waals surface area contributed by atoms with Crippen molar-refractivity contribution < 1.29 is 0 Å². The van der Waals surface area contributed by atoms with Crippen molar-refractivity contribution in [1.82, 2.24) is 14.5 Å². The second kappa shape index (κ2) is 3.12. The fourth-order valence-electron chi connectivity index (χ4n) is 2.07. The maximum atomic E-state index is 6.05. The van der Waals surface area contributed by atoms with Gasteiger partial charge in [0.25, 0.3) is 0 Å². The van der Waals surface area contributed by atoms with Gasteiger partial charge in [-0.15, -0.1) is 0 Å². The van der Waals surface area contributed by atoms with Crippen LogP contribution in [0.25, 0.3) is 0 Å². The Morgan fingerprint density at radius 3 is 2.69 bits per heavy atom. The number of hydrogen-bond acceptors (Lipinski definition) is 3. The highest BCUT2D eigenvalue weighted by molar-refractivity contribution is 5.13. The van der Waals surface area contributed by atoms with E-state index in [1.807, 2.05) is 19.6 Å². The van der Waals surface area contributed by atoms with Gasteiger partial charge in [0, 0.05) is 44.0 Å². The van der Waals surface area contributed by atoms with E-state index in [1.54, 1.807) is 0 Å². The van der Waals surface area contributed by atoms with Crippen molar-refractivity contribution in [3.05, 3.63) is 18.2 Å². The summed E-state index contributed by atoms with van der Waals surface area (Å²) in [6.45, 7) is 2.02. The smallest absolute Gasteiger partial charge is 0.0945 e. The van der Waals surface area contributed by atoms with Crippen molar-refractivity contribution >= 4 is 0 Å². The normalized spacial score (nSPS) is 29.8. The number of nitrogens with two attached hydrogens (primary N) is 1. The van der Waals surface area contributed by atoms with Gasteiger partial charge in [-0.1, -0.05) is 0 Å². The summed E-state index contributed by atoms with van der Waals surface area (Å²) in [6, 6.07) is 0.250. The molecule has 0 saturated carbocycles. The van der Waals surface area contributed by atoms with Crippen LogP contribution in [0.4, 0.5) is 0 Å². The van der Waals surface area contributed by atoms with Crippen LogP contribution in [0, 0.1) is 0 Å². The fraction of sp³-hybridized carbons (Fsp3) is 0.667. The lowest BCUT2D eigenvalue weighted by Gasteiger charge is -2.14.